The number of methoxy groups -OCH3 is 1. The summed E-state index contributed by atoms with van der Waals surface area (Å²) >= 11 is 0. The van der Waals surface area contributed by atoms with E-state index in [1.54, 1.807) is 30.3 Å². The Kier molecular flexibility index (Phi) is 3.98. The van der Waals surface area contributed by atoms with E-state index in [1.165, 1.54) is 0 Å². The standard InChI is InChI=1S/C15H20O4/c1-3-4-6-11-13(16)19-14(15(17)18-2)12-9-7-5-8-10-12/h5,7-10,14H,3-4,6,11H2,1-2H3/t14-/m1/s1/i1D3,4D,11D/t4-,11-,14-. The lowest BCUT2D eigenvalue weighted by molar-refractivity contribution is -0.166. The molecule has 0 heterocycles. The third kappa shape index (κ3) is 5.12. The zero-order chi connectivity index (χ0) is 18.3. The highest BCUT2D eigenvalue weighted by Gasteiger charge is 2.25. The molecular weight excluding hydrogens is 244 g/mol. The molecule has 0 amide bonds. The van der Waals surface area contributed by atoms with Crippen LogP contribution in [-0.4, -0.2) is 19.0 Å². The SMILES string of the molecule is [2H][C@@H](C[C@@H]([2H])C(=O)O[C@@H](C(=O)OC)c1ccccc1)CC([2H])([2H])[2H]. The topological polar surface area (TPSA) is 52.6 Å². The summed E-state index contributed by atoms with van der Waals surface area (Å²) in [6.45, 7) is -2.30. The fraction of sp³-hybridized carbons (Fsp3) is 0.467. The van der Waals surface area contributed by atoms with E-state index in [-0.39, 0.29) is 6.42 Å². The fourth-order valence-corrected chi connectivity index (χ4v) is 1.41. The third-order valence-corrected chi connectivity index (χ3v) is 2.35. The molecule has 0 spiro atoms. The van der Waals surface area contributed by atoms with Crippen molar-refractivity contribution in [2.45, 2.75) is 38.6 Å². The number of benzene rings is 1. The third-order valence-electron chi connectivity index (χ3n) is 2.35. The maximum Gasteiger partial charge on any atom is 0.351 e. The zero-order valence-electron chi connectivity index (χ0n) is 15.7. The maximum absolute atomic E-state index is 12.0. The van der Waals surface area contributed by atoms with Gasteiger partial charge in [-0.05, 0) is 6.42 Å². The minimum atomic E-state index is -2.30. The first-order valence-electron chi connectivity index (χ1n) is 8.47. The Balaban J connectivity index is 2.73. The van der Waals surface area contributed by atoms with Crippen molar-refractivity contribution in [2.24, 2.45) is 0 Å². The Morgan fingerprint density at radius 2 is 2.11 bits per heavy atom. The Hall–Kier alpha value is -1.84. The van der Waals surface area contributed by atoms with Crippen LogP contribution in [0.4, 0.5) is 0 Å². The summed E-state index contributed by atoms with van der Waals surface area (Å²) in [4.78, 5) is 23.8. The van der Waals surface area contributed by atoms with Crippen LogP contribution in [-0.2, 0) is 19.1 Å². The average Bonchev–Trinajstić information content (AvgIpc) is 2.50. The first-order chi connectivity index (χ1) is 11.1. The highest BCUT2D eigenvalue weighted by atomic mass is 16.6. The lowest BCUT2D eigenvalue weighted by Gasteiger charge is -2.15. The number of hydrogen-bond acceptors (Lipinski definition) is 4. The smallest absolute Gasteiger partial charge is 0.351 e. The molecule has 1 rings (SSSR count). The largest absolute Gasteiger partial charge is 0.466 e. The van der Waals surface area contributed by atoms with E-state index in [9.17, 15) is 9.59 Å². The quantitative estimate of drug-likeness (QED) is 0.714. The second kappa shape index (κ2) is 8.29. The molecule has 1 aromatic carbocycles. The van der Waals surface area contributed by atoms with Gasteiger partial charge in [-0.15, -0.1) is 0 Å². The van der Waals surface area contributed by atoms with Crippen molar-refractivity contribution in [3.8, 4) is 0 Å². The molecule has 0 fully saturated rings. The van der Waals surface area contributed by atoms with Gasteiger partial charge >= 0.3 is 11.9 Å². The van der Waals surface area contributed by atoms with Crippen LogP contribution < -0.4 is 0 Å². The molecule has 0 N–H and O–H groups in total. The summed E-state index contributed by atoms with van der Waals surface area (Å²) in [5.41, 5.74) is 0.398. The van der Waals surface area contributed by atoms with Gasteiger partial charge in [0, 0.05) is 18.8 Å². The van der Waals surface area contributed by atoms with Crippen LogP contribution in [0.15, 0.2) is 30.3 Å². The van der Waals surface area contributed by atoms with Gasteiger partial charge in [-0.2, -0.15) is 0 Å². The second-order valence-electron chi connectivity index (χ2n) is 3.68. The molecule has 19 heavy (non-hydrogen) atoms. The average molecular weight is 269 g/mol. The number of esters is 2. The number of hydrogen-bond donors (Lipinski definition) is 0. The van der Waals surface area contributed by atoms with Crippen LogP contribution in [0.25, 0.3) is 0 Å². The molecular formula is C15H20O4. The van der Waals surface area contributed by atoms with Gasteiger partial charge in [0.1, 0.15) is 0 Å². The molecule has 0 aliphatic carbocycles. The van der Waals surface area contributed by atoms with Gasteiger partial charge in [0.25, 0.3) is 0 Å². The number of rotatable bonds is 7. The molecule has 0 unspecified atom stereocenters. The minimum Gasteiger partial charge on any atom is -0.466 e. The van der Waals surface area contributed by atoms with Crippen molar-refractivity contribution >= 4 is 11.9 Å². The van der Waals surface area contributed by atoms with E-state index < -0.39 is 44.1 Å². The summed E-state index contributed by atoms with van der Waals surface area (Å²) in [6, 6.07) is 8.21. The molecule has 104 valence electrons. The van der Waals surface area contributed by atoms with Gasteiger partial charge in [0.05, 0.1) is 7.11 Å². The van der Waals surface area contributed by atoms with Crippen molar-refractivity contribution in [3.05, 3.63) is 35.9 Å². The summed E-state index contributed by atoms with van der Waals surface area (Å²) in [5.74, 6) is -1.79. The normalized spacial score (nSPS) is 19.5. The maximum atomic E-state index is 12.0. The first kappa shape index (κ1) is 9.13. The van der Waals surface area contributed by atoms with Crippen LogP contribution in [0.1, 0.15) is 51.0 Å². The lowest BCUT2D eigenvalue weighted by atomic mass is 10.1. The monoisotopic (exact) mass is 269 g/mol. The van der Waals surface area contributed by atoms with E-state index in [2.05, 4.69) is 4.74 Å². The first-order valence-corrected chi connectivity index (χ1v) is 5.82. The van der Waals surface area contributed by atoms with E-state index in [1.807, 2.05) is 0 Å². The van der Waals surface area contributed by atoms with Gasteiger partial charge in [-0.25, -0.2) is 4.79 Å². The van der Waals surface area contributed by atoms with Gasteiger partial charge in [-0.3, -0.25) is 4.79 Å². The van der Waals surface area contributed by atoms with Gasteiger partial charge in [-0.1, -0.05) is 50.0 Å². The van der Waals surface area contributed by atoms with Crippen LogP contribution in [0.2, 0.25) is 0 Å². The molecule has 0 bridgehead atoms. The predicted octanol–water partition coefficient (Wildman–Crippen LogP) is 3.02. The molecule has 4 heteroatoms. The summed E-state index contributed by atoms with van der Waals surface area (Å²) in [7, 11) is 1.15. The molecule has 0 saturated carbocycles. The molecule has 0 aliphatic heterocycles. The van der Waals surface area contributed by atoms with Gasteiger partial charge in [0.15, 0.2) is 0 Å². The van der Waals surface area contributed by atoms with E-state index in [4.69, 9.17) is 11.6 Å². The Bertz CT molecular complexity index is 547. The Morgan fingerprint density at radius 1 is 1.37 bits per heavy atom. The number of carbonyl (C=O) groups excluding carboxylic acids is 2. The second-order valence-corrected chi connectivity index (χ2v) is 3.68. The highest BCUT2D eigenvalue weighted by Crippen LogP contribution is 2.20. The molecule has 0 saturated heterocycles. The van der Waals surface area contributed by atoms with E-state index >= 15 is 0 Å². The van der Waals surface area contributed by atoms with Crippen LogP contribution in [0.5, 0.6) is 0 Å². The molecule has 1 aromatic rings. The van der Waals surface area contributed by atoms with E-state index in [0.29, 0.717) is 5.56 Å². The number of carbonyl (C=O) groups is 2. The molecule has 4 nitrogen and oxygen atoms in total. The van der Waals surface area contributed by atoms with Crippen molar-refractivity contribution in [2.75, 3.05) is 7.11 Å². The fourth-order valence-electron chi connectivity index (χ4n) is 1.41. The van der Waals surface area contributed by atoms with Crippen molar-refractivity contribution < 1.29 is 25.9 Å². The van der Waals surface area contributed by atoms with Crippen molar-refractivity contribution in [1.29, 1.82) is 0 Å². The predicted molar refractivity (Wildman–Crippen MR) is 71.4 cm³/mol. The van der Waals surface area contributed by atoms with E-state index in [0.717, 1.165) is 7.11 Å². The van der Waals surface area contributed by atoms with Crippen molar-refractivity contribution in [3.63, 3.8) is 0 Å². The Morgan fingerprint density at radius 3 is 2.74 bits per heavy atom. The summed E-state index contributed by atoms with van der Waals surface area (Å²) in [6.07, 6.45) is -4.57. The van der Waals surface area contributed by atoms with Crippen LogP contribution in [0, 0.1) is 0 Å². The highest BCUT2D eigenvalue weighted by molar-refractivity contribution is 5.80. The molecule has 0 radical (unpaired) electrons. The van der Waals surface area contributed by atoms with Crippen LogP contribution in [0.3, 0.4) is 0 Å². The van der Waals surface area contributed by atoms with Gasteiger partial charge < -0.3 is 9.47 Å². The van der Waals surface area contributed by atoms with Crippen LogP contribution >= 0.6 is 0 Å². The lowest BCUT2D eigenvalue weighted by Crippen LogP contribution is -2.21. The summed E-state index contributed by atoms with van der Waals surface area (Å²) < 4.78 is 46.3. The zero-order valence-corrected chi connectivity index (χ0v) is 10.7. The molecule has 3 atom stereocenters. The summed E-state index contributed by atoms with van der Waals surface area (Å²) in [5, 5.41) is 0. The van der Waals surface area contributed by atoms with Crippen molar-refractivity contribution in [1.82, 2.24) is 0 Å². The minimum absolute atomic E-state index is 0.292. The Labute approximate surface area is 120 Å². The molecule has 0 aromatic heterocycles. The number of ether oxygens (including phenoxy) is 2. The molecule has 0 aliphatic rings. The van der Waals surface area contributed by atoms with Gasteiger partial charge in [0.2, 0.25) is 6.10 Å².